The highest BCUT2D eigenvalue weighted by Crippen LogP contribution is 2.23. The summed E-state index contributed by atoms with van der Waals surface area (Å²) in [6, 6.07) is 0. The molecule has 1 unspecified atom stereocenters. The summed E-state index contributed by atoms with van der Waals surface area (Å²) < 4.78 is 0. The van der Waals surface area contributed by atoms with Crippen LogP contribution in [0.4, 0.5) is 0 Å². The van der Waals surface area contributed by atoms with Gasteiger partial charge in [-0.25, -0.2) is 0 Å². The third kappa shape index (κ3) is 5.35. The van der Waals surface area contributed by atoms with Crippen LogP contribution < -0.4 is 5.73 Å². The Balaban J connectivity index is 0.00000264. The Kier molecular flexibility index (Phi) is 7.81. The van der Waals surface area contributed by atoms with Crippen LogP contribution in [0.25, 0.3) is 0 Å². The standard InChI is InChI=1S/C17H31N3O2.ClH/c1-3-9-17(2,18)16(22)19-11-7-14(8-12-19)13-20-10-5-4-6-15(20)21;/h14H,3-13,18H2,1-2H3;1H. The summed E-state index contributed by atoms with van der Waals surface area (Å²) in [4.78, 5) is 28.3. The smallest absolute Gasteiger partial charge is 0.242 e. The monoisotopic (exact) mass is 345 g/mol. The van der Waals surface area contributed by atoms with Gasteiger partial charge in [-0.1, -0.05) is 13.3 Å². The molecule has 0 bridgehead atoms. The fourth-order valence-electron chi connectivity index (χ4n) is 3.67. The highest BCUT2D eigenvalue weighted by atomic mass is 35.5. The molecule has 1 atom stereocenters. The largest absolute Gasteiger partial charge is 0.342 e. The van der Waals surface area contributed by atoms with Crippen LogP contribution in [0.15, 0.2) is 0 Å². The Morgan fingerprint density at radius 2 is 1.91 bits per heavy atom. The molecule has 0 aromatic carbocycles. The highest BCUT2D eigenvalue weighted by molar-refractivity contribution is 5.86. The van der Waals surface area contributed by atoms with Crippen molar-refractivity contribution in [2.45, 2.75) is 64.3 Å². The van der Waals surface area contributed by atoms with Gasteiger partial charge in [-0.3, -0.25) is 9.59 Å². The molecule has 5 nitrogen and oxygen atoms in total. The minimum Gasteiger partial charge on any atom is -0.342 e. The number of carbonyl (C=O) groups is 2. The summed E-state index contributed by atoms with van der Waals surface area (Å²) in [7, 11) is 0. The molecule has 2 fully saturated rings. The molecule has 2 saturated heterocycles. The van der Waals surface area contributed by atoms with Crippen LogP contribution in [0.3, 0.4) is 0 Å². The first-order valence-corrected chi connectivity index (χ1v) is 8.80. The molecule has 2 aliphatic heterocycles. The fourth-order valence-corrected chi connectivity index (χ4v) is 3.67. The second-order valence-electron chi connectivity index (χ2n) is 7.20. The van der Waals surface area contributed by atoms with Crippen LogP contribution in [0.5, 0.6) is 0 Å². The number of likely N-dealkylation sites (tertiary alicyclic amines) is 2. The maximum atomic E-state index is 12.5. The number of hydrogen-bond donors (Lipinski definition) is 1. The molecule has 0 aromatic heterocycles. The van der Waals surface area contributed by atoms with Gasteiger partial charge in [0.05, 0.1) is 5.54 Å². The van der Waals surface area contributed by atoms with Crippen molar-refractivity contribution in [2.75, 3.05) is 26.2 Å². The van der Waals surface area contributed by atoms with E-state index >= 15 is 0 Å². The molecule has 2 aliphatic rings. The lowest BCUT2D eigenvalue weighted by molar-refractivity contribution is -0.139. The first kappa shape index (κ1) is 20.2. The second-order valence-corrected chi connectivity index (χ2v) is 7.20. The predicted octanol–water partition coefficient (Wildman–Crippen LogP) is 2.18. The van der Waals surface area contributed by atoms with Crippen LogP contribution in [0, 0.1) is 5.92 Å². The third-order valence-electron chi connectivity index (χ3n) is 5.06. The number of carbonyl (C=O) groups excluding carboxylic acids is 2. The van der Waals surface area contributed by atoms with Crippen molar-refractivity contribution < 1.29 is 9.59 Å². The first-order valence-electron chi connectivity index (χ1n) is 8.80. The molecule has 0 aromatic rings. The van der Waals surface area contributed by atoms with E-state index in [1.807, 2.05) is 16.7 Å². The molecule has 0 radical (unpaired) electrons. The van der Waals surface area contributed by atoms with Crippen molar-refractivity contribution in [3.8, 4) is 0 Å². The van der Waals surface area contributed by atoms with Crippen molar-refractivity contribution >= 4 is 24.2 Å². The SMILES string of the molecule is CCCC(C)(N)C(=O)N1CCC(CN2CCCCC2=O)CC1.Cl. The van der Waals surface area contributed by atoms with E-state index in [0.29, 0.717) is 18.2 Å². The van der Waals surface area contributed by atoms with Crippen LogP contribution in [0.2, 0.25) is 0 Å². The number of nitrogens with two attached hydrogens (primary N) is 1. The van der Waals surface area contributed by atoms with Gasteiger partial charge < -0.3 is 15.5 Å². The average molecular weight is 346 g/mol. The molecular formula is C17H32ClN3O2. The molecular weight excluding hydrogens is 314 g/mol. The highest BCUT2D eigenvalue weighted by Gasteiger charge is 2.34. The van der Waals surface area contributed by atoms with Crippen molar-refractivity contribution in [3.05, 3.63) is 0 Å². The first-order chi connectivity index (χ1) is 10.4. The van der Waals surface area contributed by atoms with Crippen LogP contribution in [-0.4, -0.2) is 53.3 Å². The molecule has 0 spiro atoms. The van der Waals surface area contributed by atoms with E-state index in [1.165, 1.54) is 0 Å². The number of hydrogen-bond acceptors (Lipinski definition) is 3. The van der Waals surface area contributed by atoms with Crippen molar-refractivity contribution in [2.24, 2.45) is 11.7 Å². The normalized spacial score (nSPS) is 22.5. The molecule has 134 valence electrons. The fraction of sp³-hybridized carbons (Fsp3) is 0.882. The van der Waals surface area contributed by atoms with E-state index < -0.39 is 5.54 Å². The number of piperidine rings is 2. The van der Waals surface area contributed by atoms with E-state index in [2.05, 4.69) is 6.92 Å². The van der Waals surface area contributed by atoms with E-state index in [-0.39, 0.29) is 18.3 Å². The molecule has 2 heterocycles. The Bertz CT molecular complexity index is 407. The Morgan fingerprint density at radius 1 is 1.26 bits per heavy atom. The minimum absolute atomic E-state index is 0. The third-order valence-corrected chi connectivity index (χ3v) is 5.06. The van der Waals surface area contributed by atoms with Gasteiger partial charge in [0.1, 0.15) is 0 Å². The van der Waals surface area contributed by atoms with Gasteiger partial charge in [0.2, 0.25) is 11.8 Å². The van der Waals surface area contributed by atoms with E-state index in [9.17, 15) is 9.59 Å². The van der Waals surface area contributed by atoms with Gasteiger partial charge in [0.25, 0.3) is 0 Å². The summed E-state index contributed by atoms with van der Waals surface area (Å²) in [5.41, 5.74) is 5.43. The Hall–Kier alpha value is -0.810. The second kappa shape index (κ2) is 8.88. The summed E-state index contributed by atoms with van der Waals surface area (Å²) in [6.07, 6.45) is 6.50. The molecule has 2 N–H and O–H groups in total. The number of halogens is 1. The zero-order chi connectivity index (χ0) is 16.2. The molecule has 23 heavy (non-hydrogen) atoms. The van der Waals surface area contributed by atoms with E-state index in [0.717, 1.165) is 64.7 Å². The number of nitrogens with zero attached hydrogens (tertiary/aromatic N) is 2. The maximum absolute atomic E-state index is 12.5. The zero-order valence-corrected chi connectivity index (χ0v) is 15.4. The molecule has 0 aliphatic carbocycles. The van der Waals surface area contributed by atoms with Crippen molar-refractivity contribution in [1.29, 1.82) is 0 Å². The van der Waals surface area contributed by atoms with Gasteiger partial charge in [-0.05, 0) is 44.9 Å². The predicted molar refractivity (Wildman–Crippen MR) is 94.5 cm³/mol. The lowest BCUT2D eigenvalue weighted by Crippen LogP contribution is -2.55. The lowest BCUT2D eigenvalue weighted by Gasteiger charge is -2.38. The minimum atomic E-state index is -0.732. The van der Waals surface area contributed by atoms with Gasteiger partial charge in [-0.2, -0.15) is 0 Å². The topological polar surface area (TPSA) is 66.6 Å². The van der Waals surface area contributed by atoms with E-state index in [1.54, 1.807) is 0 Å². The average Bonchev–Trinajstić information content (AvgIpc) is 2.49. The molecule has 0 saturated carbocycles. The Labute approximate surface area is 146 Å². The lowest BCUT2D eigenvalue weighted by atomic mass is 9.91. The summed E-state index contributed by atoms with van der Waals surface area (Å²) >= 11 is 0. The Morgan fingerprint density at radius 3 is 2.48 bits per heavy atom. The van der Waals surface area contributed by atoms with Gasteiger partial charge in [0.15, 0.2) is 0 Å². The number of amides is 2. The molecule has 6 heteroatoms. The molecule has 2 rings (SSSR count). The summed E-state index contributed by atoms with van der Waals surface area (Å²) in [6.45, 7) is 7.24. The van der Waals surface area contributed by atoms with Crippen molar-refractivity contribution in [1.82, 2.24) is 9.80 Å². The van der Waals surface area contributed by atoms with Crippen molar-refractivity contribution in [3.63, 3.8) is 0 Å². The van der Waals surface area contributed by atoms with Crippen LogP contribution in [0.1, 0.15) is 58.8 Å². The van der Waals surface area contributed by atoms with Crippen LogP contribution >= 0.6 is 12.4 Å². The van der Waals surface area contributed by atoms with Gasteiger partial charge >= 0.3 is 0 Å². The van der Waals surface area contributed by atoms with Gasteiger partial charge in [0, 0.05) is 32.6 Å². The van der Waals surface area contributed by atoms with Crippen LogP contribution in [-0.2, 0) is 9.59 Å². The number of rotatable bonds is 5. The van der Waals surface area contributed by atoms with Gasteiger partial charge in [-0.15, -0.1) is 12.4 Å². The molecule has 2 amide bonds. The maximum Gasteiger partial charge on any atom is 0.242 e. The summed E-state index contributed by atoms with van der Waals surface area (Å²) in [5, 5.41) is 0. The zero-order valence-electron chi connectivity index (χ0n) is 14.6. The quantitative estimate of drug-likeness (QED) is 0.830. The summed E-state index contributed by atoms with van der Waals surface area (Å²) in [5.74, 6) is 0.922. The van der Waals surface area contributed by atoms with E-state index in [4.69, 9.17) is 5.73 Å².